The van der Waals surface area contributed by atoms with Crippen LogP contribution in [0.4, 0.5) is 5.82 Å². The molecule has 0 fully saturated rings. The van der Waals surface area contributed by atoms with Crippen molar-refractivity contribution in [1.82, 2.24) is 4.98 Å². The molecule has 0 aliphatic heterocycles. The molecule has 0 unspecified atom stereocenters. The number of isocyanates is 1. The molecule has 0 atom stereocenters. The maximum absolute atomic E-state index is 10.2. The van der Waals surface area contributed by atoms with Crippen LogP contribution in [-0.4, -0.2) is 15.8 Å². The maximum Gasteiger partial charge on any atom is 0.242 e. The first kappa shape index (κ1) is 12.0. The van der Waals surface area contributed by atoms with Crippen LogP contribution in [0.25, 0.3) is 0 Å². The van der Waals surface area contributed by atoms with Gasteiger partial charge in [-0.05, 0) is 18.6 Å². The summed E-state index contributed by atoms with van der Waals surface area (Å²) in [5.74, 6) is 0.454. The average molecular weight is 222 g/mol. The van der Waals surface area contributed by atoms with E-state index in [1.165, 1.54) is 6.08 Å². The molecule has 0 aliphatic rings. The van der Waals surface area contributed by atoms with E-state index in [-0.39, 0.29) is 4.75 Å². The summed E-state index contributed by atoms with van der Waals surface area (Å²) in [6.07, 6.45) is 3.23. The standard InChI is InChI=1S/C11H14N2OS/c1-8-5-9(15-11(2,3)4)10(12-6-8)13-7-14/h5-6H,1-4H3. The molecule has 15 heavy (non-hydrogen) atoms. The zero-order valence-electron chi connectivity index (χ0n) is 9.37. The number of thioether (sulfide) groups is 1. The van der Waals surface area contributed by atoms with Crippen LogP contribution >= 0.6 is 11.8 Å². The molecule has 0 radical (unpaired) electrons. The van der Waals surface area contributed by atoms with Gasteiger partial charge in [0.15, 0.2) is 5.82 Å². The Hall–Kier alpha value is -1.12. The number of rotatable bonds is 2. The zero-order chi connectivity index (χ0) is 11.5. The summed E-state index contributed by atoms with van der Waals surface area (Å²) in [7, 11) is 0. The largest absolute Gasteiger partial charge is 0.242 e. The molecule has 0 saturated heterocycles. The van der Waals surface area contributed by atoms with E-state index in [2.05, 4.69) is 30.7 Å². The highest BCUT2D eigenvalue weighted by atomic mass is 32.2. The monoisotopic (exact) mass is 222 g/mol. The Kier molecular flexibility index (Phi) is 3.66. The van der Waals surface area contributed by atoms with Gasteiger partial charge in [0.25, 0.3) is 0 Å². The minimum Gasteiger partial charge on any atom is -0.235 e. The SMILES string of the molecule is Cc1cnc(N=C=O)c(SC(C)(C)C)c1. The van der Waals surface area contributed by atoms with Crippen LogP contribution in [0.1, 0.15) is 26.3 Å². The number of hydrogen-bond donors (Lipinski definition) is 0. The average Bonchev–Trinajstić information content (AvgIpc) is 2.07. The lowest BCUT2D eigenvalue weighted by Crippen LogP contribution is -2.06. The summed E-state index contributed by atoms with van der Waals surface area (Å²) in [5, 5.41) is 0. The van der Waals surface area contributed by atoms with E-state index in [0.717, 1.165) is 10.5 Å². The van der Waals surface area contributed by atoms with Crippen molar-refractivity contribution in [1.29, 1.82) is 0 Å². The van der Waals surface area contributed by atoms with Crippen LogP contribution in [0.2, 0.25) is 0 Å². The van der Waals surface area contributed by atoms with Gasteiger partial charge in [-0.3, -0.25) is 0 Å². The third-order valence-corrected chi connectivity index (χ3v) is 2.67. The molecule has 0 amide bonds. The summed E-state index contributed by atoms with van der Waals surface area (Å²) in [5.41, 5.74) is 1.06. The molecule has 0 saturated carbocycles. The highest BCUT2D eigenvalue weighted by Gasteiger charge is 2.15. The third-order valence-electron chi connectivity index (χ3n) is 1.54. The fraction of sp³-hybridized carbons (Fsp3) is 0.455. The van der Waals surface area contributed by atoms with Gasteiger partial charge in [0.2, 0.25) is 6.08 Å². The molecule has 0 aromatic carbocycles. The molecule has 1 aromatic heterocycles. The van der Waals surface area contributed by atoms with Gasteiger partial charge >= 0.3 is 0 Å². The van der Waals surface area contributed by atoms with E-state index < -0.39 is 0 Å². The third kappa shape index (κ3) is 3.86. The number of nitrogens with zero attached hydrogens (tertiary/aromatic N) is 2. The fourth-order valence-electron chi connectivity index (χ4n) is 1.07. The lowest BCUT2D eigenvalue weighted by Gasteiger charge is -2.18. The second kappa shape index (κ2) is 4.60. The molecule has 4 heteroatoms. The summed E-state index contributed by atoms with van der Waals surface area (Å²) in [4.78, 5) is 18.9. The highest BCUT2D eigenvalue weighted by Crippen LogP contribution is 2.36. The molecule has 1 heterocycles. The number of aromatic nitrogens is 1. The molecule has 0 N–H and O–H groups in total. The van der Waals surface area contributed by atoms with Crippen LogP contribution < -0.4 is 0 Å². The molecule has 1 rings (SSSR count). The van der Waals surface area contributed by atoms with Crippen LogP contribution in [0.5, 0.6) is 0 Å². The molecule has 0 aliphatic carbocycles. The second-order valence-corrected chi connectivity index (χ2v) is 6.12. The van der Waals surface area contributed by atoms with E-state index >= 15 is 0 Å². The predicted molar refractivity (Wildman–Crippen MR) is 62.4 cm³/mol. The smallest absolute Gasteiger partial charge is 0.235 e. The van der Waals surface area contributed by atoms with Gasteiger partial charge < -0.3 is 0 Å². The fourth-order valence-corrected chi connectivity index (χ4v) is 2.16. The Balaban J connectivity index is 3.13. The number of aliphatic imine (C=N–C) groups is 1. The van der Waals surface area contributed by atoms with Crippen molar-refractivity contribution in [2.24, 2.45) is 4.99 Å². The van der Waals surface area contributed by atoms with Crippen LogP contribution in [-0.2, 0) is 4.79 Å². The van der Waals surface area contributed by atoms with Crippen molar-refractivity contribution < 1.29 is 4.79 Å². The summed E-state index contributed by atoms with van der Waals surface area (Å²) < 4.78 is 0.0721. The van der Waals surface area contributed by atoms with E-state index in [0.29, 0.717) is 5.82 Å². The number of hydrogen-bond acceptors (Lipinski definition) is 4. The molecule has 3 nitrogen and oxygen atoms in total. The molecule has 80 valence electrons. The van der Waals surface area contributed by atoms with Gasteiger partial charge in [-0.15, -0.1) is 16.8 Å². The summed E-state index contributed by atoms with van der Waals surface area (Å²) in [6.45, 7) is 8.28. The van der Waals surface area contributed by atoms with Crippen molar-refractivity contribution in [3.63, 3.8) is 0 Å². The Bertz CT molecular complexity index is 404. The molecule has 1 aromatic rings. The Morgan fingerprint density at radius 2 is 2.13 bits per heavy atom. The Labute approximate surface area is 94.0 Å². The van der Waals surface area contributed by atoms with Crippen LogP contribution in [0.15, 0.2) is 22.2 Å². The topological polar surface area (TPSA) is 42.3 Å². The van der Waals surface area contributed by atoms with E-state index in [1.54, 1.807) is 18.0 Å². The van der Waals surface area contributed by atoms with E-state index in [1.807, 2.05) is 13.0 Å². The maximum atomic E-state index is 10.2. The highest BCUT2D eigenvalue weighted by molar-refractivity contribution is 8.00. The summed E-state index contributed by atoms with van der Waals surface area (Å²) >= 11 is 1.65. The van der Waals surface area contributed by atoms with Crippen molar-refractivity contribution in [2.75, 3.05) is 0 Å². The quantitative estimate of drug-likeness (QED) is 0.438. The van der Waals surface area contributed by atoms with Crippen LogP contribution in [0.3, 0.4) is 0 Å². The van der Waals surface area contributed by atoms with Crippen molar-refractivity contribution in [3.05, 3.63) is 17.8 Å². The molecular formula is C11H14N2OS. The lowest BCUT2D eigenvalue weighted by molar-refractivity contribution is 0.565. The molecule has 0 bridgehead atoms. The first-order valence-corrected chi connectivity index (χ1v) is 5.47. The van der Waals surface area contributed by atoms with Gasteiger partial charge in [0, 0.05) is 10.9 Å². The summed E-state index contributed by atoms with van der Waals surface area (Å²) in [6, 6.07) is 1.99. The van der Waals surface area contributed by atoms with Gasteiger partial charge in [0.1, 0.15) is 0 Å². The van der Waals surface area contributed by atoms with E-state index in [9.17, 15) is 4.79 Å². The van der Waals surface area contributed by atoms with Crippen LogP contribution in [0, 0.1) is 6.92 Å². The van der Waals surface area contributed by atoms with Crippen molar-refractivity contribution >= 4 is 23.7 Å². The zero-order valence-corrected chi connectivity index (χ0v) is 10.2. The minimum absolute atomic E-state index is 0.0721. The minimum atomic E-state index is 0.0721. The second-order valence-electron chi connectivity index (χ2n) is 4.25. The molecule has 0 spiro atoms. The number of pyridine rings is 1. The predicted octanol–water partition coefficient (Wildman–Crippen LogP) is 3.25. The van der Waals surface area contributed by atoms with Gasteiger partial charge in [-0.2, -0.15) is 0 Å². The van der Waals surface area contributed by atoms with Gasteiger partial charge in [0.05, 0.1) is 4.90 Å². The number of aryl methyl sites for hydroxylation is 1. The number of carbonyl (C=O) groups excluding carboxylic acids is 1. The van der Waals surface area contributed by atoms with Gasteiger partial charge in [-0.1, -0.05) is 20.8 Å². The Morgan fingerprint density at radius 3 is 2.67 bits per heavy atom. The lowest BCUT2D eigenvalue weighted by atomic mass is 10.3. The normalized spacial score (nSPS) is 10.9. The van der Waals surface area contributed by atoms with Gasteiger partial charge in [-0.25, -0.2) is 9.78 Å². The first-order chi connectivity index (χ1) is 6.92. The van der Waals surface area contributed by atoms with E-state index in [4.69, 9.17) is 0 Å². The Morgan fingerprint density at radius 1 is 1.47 bits per heavy atom. The van der Waals surface area contributed by atoms with Crippen molar-refractivity contribution in [3.8, 4) is 0 Å². The first-order valence-electron chi connectivity index (χ1n) is 4.66. The van der Waals surface area contributed by atoms with Crippen molar-refractivity contribution in [2.45, 2.75) is 37.3 Å². The molecular weight excluding hydrogens is 208 g/mol.